The summed E-state index contributed by atoms with van der Waals surface area (Å²) in [4.78, 5) is 2.13. The van der Waals surface area contributed by atoms with Crippen molar-refractivity contribution in [3.8, 4) is 6.07 Å². The molecule has 0 aliphatic rings. The van der Waals surface area contributed by atoms with Gasteiger partial charge in [-0.2, -0.15) is 5.26 Å². The molecule has 11 heavy (non-hydrogen) atoms. The summed E-state index contributed by atoms with van der Waals surface area (Å²) in [6.45, 7) is 4.75. The largest absolute Gasteiger partial charge is 0.329 e. The summed E-state index contributed by atoms with van der Waals surface area (Å²) in [6.07, 6.45) is 0.570. The molecule has 0 aromatic heterocycles. The van der Waals surface area contributed by atoms with Crippen molar-refractivity contribution in [3.63, 3.8) is 0 Å². The van der Waals surface area contributed by atoms with Gasteiger partial charge in [0.1, 0.15) is 0 Å². The van der Waals surface area contributed by atoms with E-state index in [0.717, 1.165) is 0 Å². The lowest BCUT2D eigenvalue weighted by Crippen LogP contribution is -2.40. The van der Waals surface area contributed by atoms with Crippen molar-refractivity contribution in [3.05, 3.63) is 0 Å². The molecule has 0 rings (SSSR count). The Bertz CT molecular complexity index is 139. The Hall–Kier alpha value is -0.590. The molecule has 0 spiro atoms. The van der Waals surface area contributed by atoms with E-state index >= 15 is 0 Å². The number of hydrogen-bond donors (Lipinski definition) is 1. The summed E-state index contributed by atoms with van der Waals surface area (Å²) < 4.78 is 0. The maximum atomic E-state index is 8.43. The minimum atomic E-state index is 0.304. The molecular weight excluding hydrogens is 138 g/mol. The van der Waals surface area contributed by atoms with Crippen molar-refractivity contribution in [2.75, 3.05) is 13.6 Å². The van der Waals surface area contributed by atoms with E-state index in [4.69, 9.17) is 11.0 Å². The van der Waals surface area contributed by atoms with Gasteiger partial charge in [-0.3, -0.25) is 4.90 Å². The van der Waals surface area contributed by atoms with Crippen LogP contribution in [0, 0.1) is 11.3 Å². The standard InChI is InChI=1S/C8H17N3/c1-7(4-5-9)11(3)8(2)6-10/h7-8H,4,6,10H2,1-3H3. The van der Waals surface area contributed by atoms with Gasteiger partial charge in [-0.15, -0.1) is 0 Å². The van der Waals surface area contributed by atoms with Crippen molar-refractivity contribution in [2.45, 2.75) is 32.4 Å². The fourth-order valence-corrected chi connectivity index (χ4v) is 0.877. The Kier molecular flexibility index (Phi) is 4.84. The van der Waals surface area contributed by atoms with Crippen molar-refractivity contribution >= 4 is 0 Å². The highest BCUT2D eigenvalue weighted by Crippen LogP contribution is 2.03. The van der Waals surface area contributed by atoms with Crippen LogP contribution in [-0.2, 0) is 0 Å². The Morgan fingerprint density at radius 2 is 2.00 bits per heavy atom. The van der Waals surface area contributed by atoms with Crippen molar-refractivity contribution in [1.29, 1.82) is 5.26 Å². The van der Waals surface area contributed by atoms with Crippen LogP contribution in [0.2, 0.25) is 0 Å². The number of rotatable bonds is 4. The Balaban J connectivity index is 3.82. The predicted molar refractivity (Wildman–Crippen MR) is 46.0 cm³/mol. The smallest absolute Gasteiger partial charge is 0.0638 e. The molecule has 2 N–H and O–H groups in total. The van der Waals surface area contributed by atoms with Gasteiger partial charge in [0.2, 0.25) is 0 Å². The topological polar surface area (TPSA) is 53.0 Å². The first kappa shape index (κ1) is 10.4. The highest BCUT2D eigenvalue weighted by Gasteiger charge is 2.13. The molecule has 2 unspecified atom stereocenters. The quantitative estimate of drug-likeness (QED) is 0.645. The number of hydrogen-bond acceptors (Lipinski definition) is 3. The predicted octanol–water partition coefficient (Wildman–Crippen LogP) is 0.568. The van der Waals surface area contributed by atoms with Gasteiger partial charge in [-0.05, 0) is 20.9 Å². The summed E-state index contributed by atoms with van der Waals surface area (Å²) in [7, 11) is 2.00. The van der Waals surface area contributed by atoms with Gasteiger partial charge >= 0.3 is 0 Å². The molecule has 3 heteroatoms. The Labute approximate surface area is 68.8 Å². The van der Waals surface area contributed by atoms with Crippen LogP contribution in [0.4, 0.5) is 0 Å². The average molecular weight is 155 g/mol. The molecule has 0 saturated heterocycles. The van der Waals surface area contributed by atoms with Crippen LogP contribution in [0.25, 0.3) is 0 Å². The third-order valence-corrected chi connectivity index (χ3v) is 2.12. The van der Waals surface area contributed by atoms with Crippen molar-refractivity contribution in [2.24, 2.45) is 5.73 Å². The van der Waals surface area contributed by atoms with E-state index in [2.05, 4.69) is 17.9 Å². The summed E-state index contributed by atoms with van der Waals surface area (Å²) in [5.74, 6) is 0. The van der Waals surface area contributed by atoms with E-state index in [1.165, 1.54) is 0 Å². The lowest BCUT2D eigenvalue weighted by Gasteiger charge is -2.28. The van der Waals surface area contributed by atoms with Crippen LogP contribution in [0.15, 0.2) is 0 Å². The molecular formula is C8H17N3. The molecule has 0 heterocycles. The zero-order chi connectivity index (χ0) is 8.85. The van der Waals surface area contributed by atoms with Gasteiger partial charge < -0.3 is 5.73 Å². The van der Waals surface area contributed by atoms with Crippen molar-refractivity contribution < 1.29 is 0 Å². The minimum Gasteiger partial charge on any atom is -0.329 e. The summed E-state index contributed by atoms with van der Waals surface area (Å²) in [5, 5.41) is 8.43. The molecule has 0 aromatic carbocycles. The van der Waals surface area contributed by atoms with E-state index in [-0.39, 0.29) is 0 Å². The molecule has 0 aromatic rings. The second kappa shape index (κ2) is 5.11. The maximum absolute atomic E-state index is 8.43. The molecule has 64 valence electrons. The van der Waals surface area contributed by atoms with Gasteiger partial charge in [0.25, 0.3) is 0 Å². The van der Waals surface area contributed by atoms with Crippen LogP contribution in [-0.4, -0.2) is 30.6 Å². The number of likely N-dealkylation sites (N-methyl/N-ethyl adjacent to an activating group) is 1. The molecule has 0 aliphatic heterocycles. The van der Waals surface area contributed by atoms with Gasteiger partial charge in [-0.25, -0.2) is 0 Å². The molecule has 0 aliphatic carbocycles. The Morgan fingerprint density at radius 1 is 1.45 bits per heavy atom. The molecule has 3 nitrogen and oxygen atoms in total. The fourth-order valence-electron chi connectivity index (χ4n) is 0.877. The molecule has 0 amide bonds. The third-order valence-electron chi connectivity index (χ3n) is 2.12. The second-order valence-corrected chi connectivity index (χ2v) is 2.96. The van der Waals surface area contributed by atoms with E-state index in [1.807, 2.05) is 14.0 Å². The van der Waals surface area contributed by atoms with Gasteiger partial charge in [0.05, 0.1) is 12.5 Å². The lowest BCUT2D eigenvalue weighted by atomic mass is 10.2. The van der Waals surface area contributed by atoms with Crippen LogP contribution >= 0.6 is 0 Å². The zero-order valence-electron chi connectivity index (χ0n) is 7.54. The SMILES string of the molecule is CC(CN)N(C)C(C)CC#N. The van der Waals surface area contributed by atoms with Crippen molar-refractivity contribution in [1.82, 2.24) is 4.90 Å². The van der Waals surface area contributed by atoms with E-state index in [9.17, 15) is 0 Å². The van der Waals surface area contributed by atoms with E-state index in [0.29, 0.717) is 25.0 Å². The fraction of sp³-hybridized carbons (Fsp3) is 0.875. The molecule has 0 fully saturated rings. The minimum absolute atomic E-state index is 0.304. The van der Waals surface area contributed by atoms with Crippen LogP contribution in [0.3, 0.4) is 0 Å². The average Bonchev–Trinajstić information content (AvgIpc) is 2.02. The van der Waals surface area contributed by atoms with Gasteiger partial charge in [0.15, 0.2) is 0 Å². The Morgan fingerprint density at radius 3 is 2.36 bits per heavy atom. The first-order valence-corrected chi connectivity index (χ1v) is 3.92. The van der Waals surface area contributed by atoms with Crippen LogP contribution in [0.1, 0.15) is 20.3 Å². The van der Waals surface area contributed by atoms with E-state index in [1.54, 1.807) is 0 Å². The summed E-state index contributed by atoms with van der Waals surface area (Å²) in [6, 6.07) is 2.81. The van der Waals surface area contributed by atoms with Gasteiger partial charge in [0, 0.05) is 18.6 Å². The maximum Gasteiger partial charge on any atom is 0.0638 e. The lowest BCUT2D eigenvalue weighted by molar-refractivity contribution is 0.202. The first-order valence-electron chi connectivity index (χ1n) is 3.92. The molecule has 0 radical (unpaired) electrons. The summed E-state index contributed by atoms with van der Waals surface area (Å²) >= 11 is 0. The monoisotopic (exact) mass is 155 g/mol. The number of nitrogens with zero attached hydrogens (tertiary/aromatic N) is 2. The summed E-state index contributed by atoms with van der Waals surface area (Å²) in [5.41, 5.74) is 5.48. The van der Waals surface area contributed by atoms with Crippen LogP contribution < -0.4 is 5.73 Å². The first-order chi connectivity index (χ1) is 5.13. The number of nitrogens with two attached hydrogens (primary N) is 1. The highest BCUT2D eigenvalue weighted by molar-refractivity contribution is 4.80. The number of nitriles is 1. The molecule has 0 bridgehead atoms. The zero-order valence-corrected chi connectivity index (χ0v) is 7.54. The normalized spacial score (nSPS) is 16.0. The van der Waals surface area contributed by atoms with E-state index < -0.39 is 0 Å². The molecule has 2 atom stereocenters. The highest BCUT2D eigenvalue weighted by atomic mass is 15.2. The third kappa shape index (κ3) is 3.35. The van der Waals surface area contributed by atoms with Gasteiger partial charge in [-0.1, -0.05) is 0 Å². The second-order valence-electron chi connectivity index (χ2n) is 2.96. The van der Waals surface area contributed by atoms with Crippen LogP contribution in [0.5, 0.6) is 0 Å². The molecule has 0 saturated carbocycles.